The van der Waals surface area contributed by atoms with Crippen molar-refractivity contribution in [1.82, 2.24) is 5.32 Å². The van der Waals surface area contributed by atoms with Gasteiger partial charge in [-0.05, 0) is 18.3 Å². The molecule has 9 heavy (non-hydrogen) atoms. The molecule has 1 nitrogen and oxygen atoms in total. The first kappa shape index (κ1) is 7.07. The maximum Gasteiger partial charge on any atom is 0.00202 e. The minimum absolute atomic E-state index is 0. The van der Waals surface area contributed by atoms with Crippen molar-refractivity contribution in [3.63, 3.8) is 0 Å². The summed E-state index contributed by atoms with van der Waals surface area (Å²) in [5.74, 6) is 0. The molecule has 54 valence electrons. The Morgan fingerprint density at radius 3 is 1.78 bits per heavy atom. The van der Waals surface area contributed by atoms with Crippen molar-refractivity contribution >= 4 is 0 Å². The van der Waals surface area contributed by atoms with E-state index in [1.54, 1.807) is 0 Å². The van der Waals surface area contributed by atoms with Gasteiger partial charge in [-0.25, -0.2) is 0 Å². The first-order chi connectivity index (χ1) is 3.91. The lowest BCUT2D eigenvalue weighted by molar-refractivity contribution is 0.178. The van der Waals surface area contributed by atoms with Crippen LogP contribution in [0.25, 0.3) is 0 Å². The lowest BCUT2D eigenvalue weighted by Gasteiger charge is -2.39. The normalized spacial score (nSPS) is 29.3. The van der Waals surface area contributed by atoms with Gasteiger partial charge in [0.15, 0.2) is 0 Å². The Labute approximate surface area is 57.8 Å². The van der Waals surface area contributed by atoms with E-state index in [1.807, 2.05) is 0 Å². The van der Waals surface area contributed by atoms with E-state index in [9.17, 15) is 0 Å². The van der Waals surface area contributed by atoms with Crippen LogP contribution in [0.2, 0.25) is 0 Å². The molecule has 2 aliphatic rings. The minimum atomic E-state index is 0. The molecule has 0 atom stereocenters. The molecule has 1 saturated carbocycles. The highest BCUT2D eigenvalue weighted by Gasteiger charge is 2.38. The molecular formula is C8H17N. The van der Waals surface area contributed by atoms with Gasteiger partial charge >= 0.3 is 0 Å². The van der Waals surface area contributed by atoms with E-state index in [-0.39, 0.29) is 7.43 Å². The van der Waals surface area contributed by atoms with Gasteiger partial charge in [0.05, 0.1) is 0 Å². The Morgan fingerprint density at radius 1 is 1.00 bits per heavy atom. The van der Waals surface area contributed by atoms with Crippen molar-refractivity contribution in [3.8, 4) is 0 Å². The van der Waals surface area contributed by atoms with Crippen molar-refractivity contribution in [2.45, 2.75) is 33.1 Å². The Morgan fingerprint density at radius 2 is 1.56 bits per heavy atom. The maximum absolute atomic E-state index is 3.34. The van der Waals surface area contributed by atoms with Gasteiger partial charge < -0.3 is 5.32 Å². The summed E-state index contributed by atoms with van der Waals surface area (Å²) in [6.07, 6.45) is 5.98. The van der Waals surface area contributed by atoms with Gasteiger partial charge in [0.1, 0.15) is 0 Å². The van der Waals surface area contributed by atoms with Gasteiger partial charge in [-0.15, -0.1) is 0 Å². The average Bonchev–Trinajstić information content (AvgIpc) is 2.07. The molecule has 1 heteroatoms. The number of hydrogen-bond acceptors (Lipinski definition) is 1. The molecule has 0 bridgehead atoms. The van der Waals surface area contributed by atoms with Crippen molar-refractivity contribution in [2.24, 2.45) is 5.41 Å². The molecule has 1 spiro atoms. The molecule has 0 aromatic carbocycles. The molecule has 1 saturated heterocycles. The second-order valence-corrected chi connectivity index (χ2v) is 3.31. The van der Waals surface area contributed by atoms with Crippen LogP contribution in [-0.2, 0) is 0 Å². The van der Waals surface area contributed by atoms with E-state index in [0.717, 1.165) is 5.41 Å². The first-order valence-electron chi connectivity index (χ1n) is 3.62. The fourth-order valence-corrected chi connectivity index (χ4v) is 1.96. The average molecular weight is 127 g/mol. The lowest BCUT2D eigenvalue weighted by Crippen LogP contribution is -2.51. The third-order valence-electron chi connectivity index (χ3n) is 2.66. The zero-order valence-corrected chi connectivity index (χ0v) is 5.24. The van der Waals surface area contributed by atoms with E-state index < -0.39 is 0 Å². The van der Waals surface area contributed by atoms with E-state index >= 15 is 0 Å². The molecule has 1 N–H and O–H groups in total. The summed E-state index contributed by atoms with van der Waals surface area (Å²) in [7, 11) is 0. The van der Waals surface area contributed by atoms with E-state index in [4.69, 9.17) is 0 Å². The van der Waals surface area contributed by atoms with Crippen LogP contribution in [0.5, 0.6) is 0 Å². The second kappa shape index (κ2) is 2.30. The summed E-state index contributed by atoms with van der Waals surface area (Å²) in [4.78, 5) is 0. The standard InChI is InChI=1S/C7H13N.CH4/c1-2-4-7(3-1)5-8-6-7;/h8H,1-6H2;1H4. The van der Waals surface area contributed by atoms with Crippen LogP contribution in [0, 0.1) is 5.41 Å². The molecule has 0 unspecified atom stereocenters. The largest absolute Gasteiger partial charge is 0.316 e. The minimum Gasteiger partial charge on any atom is -0.316 e. The van der Waals surface area contributed by atoms with Gasteiger partial charge in [0, 0.05) is 13.1 Å². The highest BCUT2D eigenvalue weighted by molar-refractivity contribution is 4.95. The fraction of sp³-hybridized carbons (Fsp3) is 1.00. The molecule has 1 aliphatic heterocycles. The molecule has 2 rings (SSSR count). The third kappa shape index (κ3) is 0.983. The molecule has 1 aliphatic carbocycles. The van der Waals surface area contributed by atoms with Gasteiger partial charge in [0.25, 0.3) is 0 Å². The third-order valence-corrected chi connectivity index (χ3v) is 2.66. The number of hydrogen-bond donors (Lipinski definition) is 1. The Balaban J connectivity index is 0.000000405. The predicted molar refractivity (Wildman–Crippen MR) is 40.5 cm³/mol. The van der Waals surface area contributed by atoms with Crippen LogP contribution >= 0.6 is 0 Å². The van der Waals surface area contributed by atoms with Crippen LogP contribution < -0.4 is 5.32 Å². The van der Waals surface area contributed by atoms with Crippen molar-refractivity contribution in [2.75, 3.05) is 13.1 Å². The van der Waals surface area contributed by atoms with Gasteiger partial charge in [-0.1, -0.05) is 20.3 Å². The van der Waals surface area contributed by atoms with Gasteiger partial charge in [-0.2, -0.15) is 0 Å². The highest BCUT2D eigenvalue weighted by atomic mass is 15.0. The number of rotatable bonds is 0. The topological polar surface area (TPSA) is 12.0 Å². The van der Waals surface area contributed by atoms with Crippen LogP contribution in [0.1, 0.15) is 33.1 Å². The monoisotopic (exact) mass is 127 g/mol. The Kier molecular flexibility index (Phi) is 1.80. The molecular weight excluding hydrogens is 110 g/mol. The van der Waals surface area contributed by atoms with E-state index in [0.29, 0.717) is 0 Å². The van der Waals surface area contributed by atoms with E-state index in [1.165, 1.54) is 38.8 Å². The smallest absolute Gasteiger partial charge is 0.00202 e. The number of nitrogens with one attached hydrogen (secondary N) is 1. The molecule has 0 aromatic rings. The van der Waals surface area contributed by atoms with Crippen LogP contribution in [0.3, 0.4) is 0 Å². The summed E-state index contributed by atoms with van der Waals surface area (Å²) in [6, 6.07) is 0. The zero-order chi connectivity index (χ0) is 5.45. The van der Waals surface area contributed by atoms with Crippen molar-refractivity contribution in [1.29, 1.82) is 0 Å². The zero-order valence-electron chi connectivity index (χ0n) is 5.24. The van der Waals surface area contributed by atoms with Crippen LogP contribution in [0.15, 0.2) is 0 Å². The molecule has 0 amide bonds. The first-order valence-corrected chi connectivity index (χ1v) is 3.62. The Bertz CT molecular complexity index is 86.7. The summed E-state index contributed by atoms with van der Waals surface area (Å²) in [5.41, 5.74) is 0.806. The quantitative estimate of drug-likeness (QED) is 0.523. The molecule has 1 heterocycles. The maximum atomic E-state index is 3.34. The molecule has 2 fully saturated rings. The summed E-state index contributed by atoms with van der Waals surface area (Å²) in [5, 5.41) is 3.34. The van der Waals surface area contributed by atoms with Crippen LogP contribution in [0.4, 0.5) is 0 Å². The predicted octanol–water partition coefficient (Wildman–Crippen LogP) is 1.79. The second-order valence-electron chi connectivity index (χ2n) is 3.31. The van der Waals surface area contributed by atoms with Gasteiger partial charge in [0.2, 0.25) is 0 Å². The van der Waals surface area contributed by atoms with Gasteiger partial charge in [-0.3, -0.25) is 0 Å². The summed E-state index contributed by atoms with van der Waals surface area (Å²) in [6.45, 7) is 2.62. The SMILES string of the molecule is C.C1CCC2(C1)CNC2. The molecule has 0 aromatic heterocycles. The summed E-state index contributed by atoms with van der Waals surface area (Å²) < 4.78 is 0. The molecule has 0 radical (unpaired) electrons. The lowest BCUT2D eigenvalue weighted by atomic mass is 9.80. The Hall–Kier alpha value is -0.0400. The van der Waals surface area contributed by atoms with Crippen molar-refractivity contribution < 1.29 is 0 Å². The fourth-order valence-electron chi connectivity index (χ4n) is 1.96. The highest BCUT2D eigenvalue weighted by Crippen LogP contribution is 2.40. The van der Waals surface area contributed by atoms with E-state index in [2.05, 4.69) is 5.32 Å². The van der Waals surface area contributed by atoms with Crippen molar-refractivity contribution in [3.05, 3.63) is 0 Å². The summed E-state index contributed by atoms with van der Waals surface area (Å²) >= 11 is 0. The van der Waals surface area contributed by atoms with Crippen LogP contribution in [-0.4, -0.2) is 13.1 Å².